The Kier molecular flexibility index (Phi) is 6.37. The number of nitrogens with zero attached hydrogens (tertiary/aromatic N) is 2. The molecule has 0 saturated carbocycles. The molecule has 2 rings (SSSR count). The lowest BCUT2D eigenvalue weighted by Gasteiger charge is -2.24. The van der Waals surface area contributed by atoms with Crippen LogP contribution >= 0.6 is 0 Å². The summed E-state index contributed by atoms with van der Waals surface area (Å²) in [6.45, 7) is 7.09. The van der Waals surface area contributed by atoms with E-state index in [-0.39, 0.29) is 11.5 Å². The molecule has 8 heteroatoms. The predicted octanol–water partition coefficient (Wildman–Crippen LogP) is 3.84. The Morgan fingerprint density at radius 1 is 1.12 bits per heavy atom. The van der Waals surface area contributed by atoms with Gasteiger partial charge < -0.3 is 25.3 Å². The summed E-state index contributed by atoms with van der Waals surface area (Å²) in [5.41, 5.74) is 11.1. The van der Waals surface area contributed by atoms with Gasteiger partial charge in [-0.05, 0) is 44.0 Å². The van der Waals surface area contributed by atoms with Crippen molar-refractivity contribution in [3.05, 3.63) is 35.4 Å². The molecule has 0 unspecified atom stereocenters. The molecule has 0 aliphatic rings. The number of nitrogens with one attached hydrogen (secondary N) is 2. The summed E-state index contributed by atoms with van der Waals surface area (Å²) in [5.74, 6) is 5.12. The van der Waals surface area contributed by atoms with Crippen molar-refractivity contribution in [2.45, 2.75) is 20.8 Å². The van der Waals surface area contributed by atoms with Gasteiger partial charge in [0.1, 0.15) is 11.5 Å². The fraction of sp³-hybridized carbons (Fsp3) is 0.333. The second-order valence-corrected chi connectivity index (χ2v) is 6.00. The molecule has 8 nitrogen and oxygen atoms in total. The largest absolute Gasteiger partial charge is 0.506 e. The van der Waals surface area contributed by atoms with Crippen molar-refractivity contribution in [2.24, 2.45) is 11.0 Å². The van der Waals surface area contributed by atoms with Crippen molar-refractivity contribution in [1.82, 2.24) is 0 Å². The average Bonchev–Trinajstić information content (AvgIpc) is 2.62. The van der Waals surface area contributed by atoms with E-state index in [0.29, 0.717) is 36.8 Å². The molecule has 0 aliphatic carbocycles. The van der Waals surface area contributed by atoms with Gasteiger partial charge >= 0.3 is 0 Å². The highest BCUT2D eigenvalue weighted by molar-refractivity contribution is 5.76. The number of phenolic OH excluding ortho intramolecular Hbond substituents is 2. The van der Waals surface area contributed by atoms with Gasteiger partial charge in [-0.15, -0.1) is 0 Å². The summed E-state index contributed by atoms with van der Waals surface area (Å²) in [6, 6.07) is 6.63. The number of likely N-dealkylation sites (N-methyl/N-ethyl adjacent to an activating group) is 1. The number of hydrogen-bond donors (Lipinski definition) is 5. The molecule has 0 aromatic heterocycles. The third-order valence-corrected chi connectivity index (χ3v) is 4.23. The van der Waals surface area contributed by atoms with Crippen LogP contribution in [0.1, 0.15) is 18.1 Å². The minimum Gasteiger partial charge on any atom is -0.506 e. The van der Waals surface area contributed by atoms with Crippen molar-refractivity contribution in [2.75, 3.05) is 29.9 Å². The summed E-state index contributed by atoms with van der Waals surface area (Å²) >= 11 is 0. The van der Waals surface area contributed by atoms with E-state index < -0.39 is 0 Å². The smallest absolute Gasteiger partial charge is 0.141 e. The molecule has 0 heterocycles. The van der Waals surface area contributed by atoms with Crippen LogP contribution in [0, 0.1) is 19.4 Å². The minimum atomic E-state index is 0.0104. The molecular weight excluding hydrogens is 334 g/mol. The molecule has 0 spiro atoms. The lowest BCUT2D eigenvalue weighted by Crippen LogP contribution is -2.28. The SMILES string of the molecule is CCN(CCON)c1cc(O)c(Nc2cc(C)c(N=N)cc2C)cc1O. The molecule has 0 fully saturated rings. The fourth-order valence-electron chi connectivity index (χ4n) is 2.73. The molecule has 2 aromatic carbocycles. The van der Waals surface area contributed by atoms with Crippen LogP contribution in [0.5, 0.6) is 11.5 Å². The predicted molar refractivity (Wildman–Crippen MR) is 102 cm³/mol. The maximum Gasteiger partial charge on any atom is 0.141 e. The Labute approximate surface area is 152 Å². The molecule has 0 radical (unpaired) electrons. The zero-order valence-corrected chi connectivity index (χ0v) is 15.2. The number of hydrogen-bond acceptors (Lipinski definition) is 8. The second-order valence-electron chi connectivity index (χ2n) is 6.00. The Balaban J connectivity index is 2.33. The Hall–Kier alpha value is -2.84. The van der Waals surface area contributed by atoms with E-state index in [0.717, 1.165) is 16.8 Å². The maximum atomic E-state index is 10.4. The highest BCUT2D eigenvalue weighted by Crippen LogP contribution is 2.39. The van der Waals surface area contributed by atoms with Crippen LogP contribution in [0.4, 0.5) is 22.7 Å². The molecule has 2 aromatic rings. The highest BCUT2D eigenvalue weighted by atomic mass is 16.6. The molecule has 0 saturated heterocycles. The van der Waals surface area contributed by atoms with Crippen LogP contribution in [0.25, 0.3) is 0 Å². The van der Waals surface area contributed by atoms with E-state index in [2.05, 4.69) is 15.3 Å². The first-order chi connectivity index (χ1) is 12.4. The number of anilines is 3. The lowest BCUT2D eigenvalue weighted by molar-refractivity contribution is 0.144. The molecule has 6 N–H and O–H groups in total. The third-order valence-electron chi connectivity index (χ3n) is 4.23. The van der Waals surface area contributed by atoms with Gasteiger partial charge in [-0.1, -0.05) is 0 Å². The Morgan fingerprint density at radius 3 is 2.46 bits per heavy atom. The van der Waals surface area contributed by atoms with Crippen molar-refractivity contribution < 1.29 is 15.1 Å². The summed E-state index contributed by atoms with van der Waals surface area (Å²) in [7, 11) is 0. The standard InChI is InChI=1S/C18H25N5O3/c1-4-23(5-6-26-20)16-10-17(24)15(9-18(16)25)21-13-7-12(3)14(22-19)8-11(13)2/h7-10,19,21,24-25H,4-6,20H2,1-3H3. The third kappa shape index (κ3) is 4.22. The molecule has 26 heavy (non-hydrogen) atoms. The van der Waals surface area contributed by atoms with Gasteiger partial charge in [0.25, 0.3) is 0 Å². The van der Waals surface area contributed by atoms with Gasteiger partial charge in [-0.2, -0.15) is 5.11 Å². The monoisotopic (exact) mass is 359 g/mol. The fourth-order valence-corrected chi connectivity index (χ4v) is 2.73. The lowest BCUT2D eigenvalue weighted by atomic mass is 10.1. The molecular formula is C18H25N5O3. The molecule has 140 valence electrons. The minimum absolute atomic E-state index is 0.0104. The van der Waals surface area contributed by atoms with Crippen LogP contribution in [0.2, 0.25) is 0 Å². The van der Waals surface area contributed by atoms with Gasteiger partial charge in [-0.25, -0.2) is 11.4 Å². The zero-order chi connectivity index (χ0) is 19.3. The quantitative estimate of drug-likeness (QED) is 0.211. The second kappa shape index (κ2) is 8.50. The number of aromatic hydroxyl groups is 2. The van der Waals surface area contributed by atoms with Gasteiger partial charge in [0, 0.05) is 30.9 Å². The Bertz CT molecular complexity index is 795. The van der Waals surface area contributed by atoms with E-state index in [1.165, 1.54) is 12.1 Å². The first kappa shape index (κ1) is 19.5. The summed E-state index contributed by atoms with van der Waals surface area (Å²) < 4.78 is 0. The highest BCUT2D eigenvalue weighted by Gasteiger charge is 2.15. The van der Waals surface area contributed by atoms with Crippen LogP contribution in [-0.2, 0) is 4.84 Å². The van der Waals surface area contributed by atoms with E-state index in [4.69, 9.17) is 11.4 Å². The number of aryl methyl sites for hydroxylation is 2. The summed E-state index contributed by atoms with van der Waals surface area (Å²) in [4.78, 5) is 6.45. The van der Waals surface area contributed by atoms with E-state index in [1.807, 2.05) is 31.7 Å². The van der Waals surface area contributed by atoms with E-state index in [9.17, 15) is 10.2 Å². The number of phenols is 2. The average molecular weight is 359 g/mol. The molecule has 0 bridgehead atoms. The summed E-state index contributed by atoms with van der Waals surface area (Å²) in [5, 5.41) is 27.4. The van der Waals surface area contributed by atoms with Crippen LogP contribution in [0.15, 0.2) is 29.4 Å². The van der Waals surface area contributed by atoms with Gasteiger partial charge in [0.15, 0.2) is 0 Å². The van der Waals surface area contributed by atoms with Crippen LogP contribution in [0.3, 0.4) is 0 Å². The maximum absolute atomic E-state index is 10.4. The van der Waals surface area contributed by atoms with Crippen molar-refractivity contribution in [3.63, 3.8) is 0 Å². The number of rotatable bonds is 8. The van der Waals surface area contributed by atoms with Crippen LogP contribution < -0.4 is 16.1 Å². The topological polar surface area (TPSA) is 127 Å². The van der Waals surface area contributed by atoms with Crippen molar-refractivity contribution in [1.29, 1.82) is 5.53 Å². The zero-order valence-electron chi connectivity index (χ0n) is 15.2. The summed E-state index contributed by atoms with van der Waals surface area (Å²) in [6.07, 6.45) is 0. The van der Waals surface area contributed by atoms with E-state index in [1.54, 1.807) is 6.07 Å². The van der Waals surface area contributed by atoms with Crippen LogP contribution in [-0.4, -0.2) is 29.9 Å². The Morgan fingerprint density at radius 2 is 1.85 bits per heavy atom. The van der Waals surface area contributed by atoms with Crippen molar-refractivity contribution in [3.8, 4) is 11.5 Å². The number of benzene rings is 2. The van der Waals surface area contributed by atoms with Gasteiger partial charge in [0.2, 0.25) is 0 Å². The number of nitrogens with two attached hydrogens (primary N) is 1. The molecule has 0 amide bonds. The normalized spacial score (nSPS) is 10.6. The molecule has 0 atom stereocenters. The van der Waals surface area contributed by atoms with E-state index >= 15 is 0 Å². The van der Waals surface area contributed by atoms with Gasteiger partial charge in [0.05, 0.1) is 23.7 Å². The first-order valence-electron chi connectivity index (χ1n) is 8.29. The first-order valence-corrected chi connectivity index (χ1v) is 8.29. The molecule has 0 aliphatic heterocycles. The van der Waals surface area contributed by atoms with Crippen molar-refractivity contribution >= 4 is 22.7 Å². The van der Waals surface area contributed by atoms with Gasteiger partial charge in [-0.3, -0.25) is 0 Å².